The van der Waals surface area contributed by atoms with Gasteiger partial charge in [0, 0.05) is 49.6 Å². The summed E-state index contributed by atoms with van der Waals surface area (Å²) < 4.78 is 0. The van der Waals surface area contributed by atoms with E-state index >= 15 is 0 Å². The van der Waals surface area contributed by atoms with Crippen LogP contribution in [0.1, 0.15) is 5.56 Å². The number of rotatable bonds is 4. The third-order valence-corrected chi connectivity index (χ3v) is 4.73. The zero-order valence-electron chi connectivity index (χ0n) is 14.3. The number of aromatic nitrogens is 1. The highest BCUT2D eigenvalue weighted by Gasteiger charge is 2.18. The first-order valence-corrected chi connectivity index (χ1v) is 9.03. The summed E-state index contributed by atoms with van der Waals surface area (Å²) in [7, 11) is 0. The van der Waals surface area contributed by atoms with Gasteiger partial charge in [0.2, 0.25) is 0 Å². The average molecular weight is 506 g/mol. The molecular formula is C18H22Cl2IN5. The van der Waals surface area contributed by atoms with E-state index in [1.54, 1.807) is 12.3 Å². The second-order valence-electron chi connectivity index (χ2n) is 5.93. The Hall–Kier alpha value is -1.25. The summed E-state index contributed by atoms with van der Waals surface area (Å²) in [4.78, 5) is 13.0. The van der Waals surface area contributed by atoms with Crippen molar-refractivity contribution in [2.45, 2.75) is 6.42 Å². The molecule has 2 heterocycles. The molecule has 0 spiro atoms. The van der Waals surface area contributed by atoms with E-state index in [4.69, 9.17) is 28.9 Å². The third kappa shape index (κ3) is 5.89. The molecule has 0 amide bonds. The van der Waals surface area contributed by atoms with Gasteiger partial charge in [0.15, 0.2) is 5.96 Å². The van der Waals surface area contributed by atoms with Crippen molar-refractivity contribution in [1.82, 2.24) is 9.88 Å². The number of halogens is 3. The van der Waals surface area contributed by atoms with Crippen molar-refractivity contribution in [3.63, 3.8) is 0 Å². The van der Waals surface area contributed by atoms with Gasteiger partial charge >= 0.3 is 0 Å². The number of nitrogens with two attached hydrogens (primary N) is 1. The molecule has 0 aliphatic carbocycles. The van der Waals surface area contributed by atoms with Gasteiger partial charge in [0.1, 0.15) is 5.15 Å². The Kier molecular flexibility index (Phi) is 8.24. The molecule has 3 rings (SSSR count). The molecule has 140 valence electrons. The van der Waals surface area contributed by atoms with Crippen molar-refractivity contribution in [2.24, 2.45) is 10.7 Å². The largest absolute Gasteiger partial charge is 0.370 e. The van der Waals surface area contributed by atoms with E-state index in [1.165, 1.54) is 5.69 Å². The molecule has 0 radical (unpaired) electrons. The van der Waals surface area contributed by atoms with E-state index in [2.05, 4.69) is 31.9 Å². The van der Waals surface area contributed by atoms with E-state index < -0.39 is 0 Å². The highest BCUT2D eigenvalue weighted by atomic mass is 127. The van der Waals surface area contributed by atoms with Crippen LogP contribution in [0.5, 0.6) is 0 Å². The summed E-state index contributed by atoms with van der Waals surface area (Å²) in [5.41, 5.74) is 8.44. The normalized spacial score (nSPS) is 14.9. The van der Waals surface area contributed by atoms with E-state index in [0.29, 0.717) is 17.7 Å². The third-order valence-electron chi connectivity index (χ3n) is 4.26. The molecule has 5 nitrogen and oxygen atoms in total. The molecule has 1 saturated heterocycles. The molecular weight excluding hydrogens is 484 g/mol. The molecule has 1 aliphatic heterocycles. The number of pyridine rings is 1. The zero-order valence-corrected chi connectivity index (χ0v) is 18.2. The quantitative estimate of drug-likeness (QED) is 0.298. The Morgan fingerprint density at radius 3 is 2.35 bits per heavy atom. The number of nitrogens with zero attached hydrogens (tertiary/aromatic N) is 4. The maximum absolute atomic E-state index is 6.14. The second kappa shape index (κ2) is 10.2. The Morgan fingerprint density at radius 1 is 1.04 bits per heavy atom. The minimum Gasteiger partial charge on any atom is -0.370 e. The predicted molar refractivity (Wildman–Crippen MR) is 120 cm³/mol. The van der Waals surface area contributed by atoms with Crippen molar-refractivity contribution in [3.05, 3.63) is 58.3 Å². The number of hydrogen-bond donors (Lipinski definition) is 1. The van der Waals surface area contributed by atoms with Gasteiger partial charge in [0.25, 0.3) is 0 Å². The molecule has 0 bridgehead atoms. The Balaban J connectivity index is 0.00000243. The molecule has 0 atom stereocenters. The summed E-state index contributed by atoms with van der Waals surface area (Å²) in [5, 5.41) is 1.26. The van der Waals surface area contributed by atoms with Gasteiger partial charge in [-0.2, -0.15) is 0 Å². The van der Waals surface area contributed by atoms with Crippen LogP contribution < -0.4 is 10.6 Å². The zero-order chi connectivity index (χ0) is 17.6. The van der Waals surface area contributed by atoms with Gasteiger partial charge < -0.3 is 15.5 Å². The van der Waals surface area contributed by atoms with Crippen molar-refractivity contribution in [1.29, 1.82) is 0 Å². The molecule has 8 heteroatoms. The molecule has 2 N–H and O–H groups in total. The van der Waals surface area contributed by atoms with Gasteiger partial charge in [-0.25, -0.2) is 4.98 Å². The molecule has 26 heavy (non-hydrogen) atoms. The lowest BCUT2D eigenvalue weighted by Gasteiger charge is -2.36. The second-order valence-corrected chi connectivity index (χ2v) is 6.75. The fourth-order valence-corrected chi connectivity index (χ4v) is 3.04. The molecule has 2 aromatic rings. The molecule has 1 aromatic heterocycles. The molecule has 1 fully saturated rings. The number of aliphatic imine (C=N–C) groups is 1. The summed E-state index contributed by atoms with van der Waals surface area (Å²) in [6, 6.07) is 11.7. The van der Waals surface area contributed by atoms with Crippen molar-refractivity contribution in [2.75, 3.05) is 37.6 Å². The fraction of sp³-hybridized carbons (Fsp3) is 0.333. The van der Waals surface area contributed by atoms with Crippen molar-refractivity contribution >= 4 is 58.8 Å². The number of benzene rings is 1. The van der Waals surface area contributed by atoms with Crippen LogP contribution in [0, 0.1) is 0 Å². The van der Waals surface area contributed by atoms with Crippen LogP contribution in [0.25, 0.3) is 0 Å². The van der Waals surface area contributed by atoms with Gasteiger partial charge in [-0.15, -0.1) is 24.0 Å². The smallest absolute Gasteiger partial charge is 0.191 e. The van der Waals surface area contributed by atoms with Crippen LogP contribution in [0.2, 0.25) is 10.2 Å². The highest BCUT2D eigenvalue weighted by Crippen LogP contribution is 2.19. The van der Waals surface area contributed by atoms with Crippen molar-refractivity contribution < 1.29 is 0 Å². The average Bonchev–Trinajstić information content (AvgIpc) is 2.64. The van der Waals surface area contributed by atoms with Crippen LogP contribution in [0.15, 0.2) is 47.6 Å². The Bertz CT molecular complexity index is 713. The van der Waals surface area contributed by atoms with E-state index in [9.17, 15) is 0 Å². The lowest BCUT2D eigenvalue weighted by molar-refractivity contribution is 0.381. The SMILES string of the molecule is I.NC(=NCCc1ccc(Cl)nc1)N1CCN(c2ccc(Cl)cc2)CC1. The van der Waals surface area contributed by atoms with Crippen LogP contribution in [-0.4, -0.2) is 48.6 Å². The lowest BCUT2D eigenvalue weighted by atomic mass is 10.2. The number of piperazine rings is 1. The maximum atomic E-state index is 6.14. The van der Waals surface area contributed by atoms with Gasteiger partial charge in [-0.05, 0) is 42.3 Å². The number of anilines is 1. The topological polar surface area (TPSA) is 57.8 Å². The minimum atomic E-state index is 0. The summed E-state index contributed by atoms with van der Waals surface area (Å²) in [6.07, 6.45) is 2.58. The van der Waals surface area contributed by atoms with E-state index in [0.717, 1.165) is 43.2 Å². The molecule has 0 unspecified atom stereocenters. The first-order valence-electron chi connectivity index (χ1n) is 8.27. The Labute approximate surface area is 181 Å². The van der Waals surface area contributed by atoms with Gasteiger partial charge in [0.05, 0.1) is 0 Å². The van der Waals surface area contributed by atoms with E-state index in [1.807, 2.05) is 18.2 Å². The maximum Gasteiger partial charge on any atom is 0.191 e. The van der Waals surface area contributed by atoms with Crippen LogP contribution in [0.4, 0.5) is 5.69 Å². The summed E-state index contributed by atoms with van der Waals surface area (Å²) >= 11 is 11.7. The van der Waals surface area contributed by atoms with E-state index in [-0.39, 0.29) is 24.0 Å². The Morgan fingerprint density at radius 2 is 1.73 bits per heavy atom. The van der Waals surface area contributed by atoms with Crippen LogP contribution in [-0.2, 0) is 6.42 Å². The molecule has 0 saturated carbocycles. The number of guanidine groups is 1. The van der Waals surface area contributed by atoms with Crippen LogP contribution in [0.3, 0.4) is 0 Å². The lowest BCUT2D eigenvalue weighted by Crippen LogP contribution is -2.51. The first-order chi connectivity index (χ1) is 12.1. The van der Waals surface area contributed by atoms with Gasteiger partial charge in [-0.1, -0.05) is 29.3 Å². The minimum absolute atomic E-state index is 0. The van der Waals surface area contributed by atoms with Crippen LogP contribution >= 0.6 is 47.2 Å². The van der Waals surface area contributed by atoms with Crippen molar-refractivity contribution in [3.8, 4) is 0 Å². The standard InChI is InChI=1S/C18H21Cl2N5.HI/c19-15-2-4-16(5-3-15)24-9-11-25(12-10-24)18(21)22-8-7-14-1-6-17(20)23-13-14;/h1-6,13H,7-12H2,(H2,21,22);1H. The monoisotopic (exact) mass is 505 g/mol. The molecule has 1 aromatic carbocycles. The summed E-state index contributed by atoms with van der Waals surface area (Å²) in [5.74, 6) is 0.609. The molecule has 1 aliphatic rings. The first kappa shape index (κ1) is 21.1. The summed E-state index contributed by atoms with van der Waals surface area (Å²) in [6.45, 7) is 4.20. The number of hydrogen-bond acceptors (Lipinski definition) is 3. The van der Waals surface area contributed by atoms with Gasteiger partial charge in [-0.3, -0.25) is 4.99 Å². The highest BCUT2D eigenvalue weighted by molar-refractivity contribution is 14.0. The fourth-order valence-electron chi connectivity index (χ4n) is 2.80. The predicted octanol–water partition coefficient (Wildman–Crippen LogP) is 3.69.